The summed E-state index contributed by atoms with van der Waals surface area (Å²) in [4.78, 5) is 17.9. The van der Waals surface area contributed by atoms with Gasteiger partial charge in [0, 0.05) is 60.4 Å². The summed E-state index contributed by atoms with van der Waals surface area (Å²) in [5.41, 5.74) is 2.45. The summed E-state index contributed by atoms with van der Waals surface area (Å²) in [5, 5.41) is 5.07. The molecule has 2 aliphatic heterocycles. The lowest BCUT2D eigenvalue weighted by atomic mass is 10.1. The van der Waals surface area contributed by atoms with Crippen molar-refractivity contribution in [2.75, 3.05) is 62.8 Å². The quantitative estimate of drug-likeness (QED) is 0.530. The fourth-order valence-electron chi connectivity index (χ4n) is 5.04. The molecule has 0 aromatic heterocycles. The van der Waals surface area contributed by atoms with Gasteiger partial charge in [-0.2, -0.15) is 0 Å². The SMILES string of the molecule is CC1CN(c2cccc(C(=O)Nc3ccc(OCCN4CCOCC4)c4ccccc34)c2)C[C@@H](C)O1. The van der Waals surface area contributed by atoms with Crippen LogP contribution in [0.15, 0.2) is 60.7 Å². The third-order valence-corrected chi connectivity index (χ3v) is 6.79. The number of ether oxygens (including phenoxy) is 3. The first-order valence-electron chi connectivity index (χ1n) is 12.8. The molecule has 3 aromatic carbocycles. The van der Waals surface area contributed by atoms with Crippen LogP contribution in [0.3, 0.4) is 0 Å². The lowest BCUT2D eigenvalue weighted by molar-refractivity contribution is -0.00521. The lowest BCUT2D eigenvalue weighted by Crippen LogP contribution is -2.45. The van der Waals surface area contributed by atoms with E-state index in [0.717, 1.165) is 73.8 Å². The smallest absolute Gasteiger partial charge is 0.255 e. The highest BCUT2D eigenvalue weighted by molar-refractivity contribution is 6.10. The van der Waals surface area contributed by atoms with Crippen molar-refractivity contribution in [1.82, 2.24) is 4.90 Å². The summed E-state index contributed by atoms with van der Waals surface area (Å²) in [6.07, 6.45) is 0.319. The highest BCUT2D eigenvalue weighted by Gasteiger charge is 2.23. The molecule has 5 rings (SSSR count). The molecule has 0 aliphatic carbocycles. The number of nitrogens with one attached hydrogen (secondary N) is 1. The number of benzene rings is 3. The molecule has 1 N–H and O–H groups in total. The monoisotopic (exact) mass is 489 g/mol. The number of hydrogen-bond acceptors (Lipinski definition) is 6. The van der Waals surface area contributed by atoms with E-state index in [-0.39, 0.29) is 18.1 Å². The Bertz CT molecular complexity index is 1180. The second-order valence-electron chi connectivity index (χ2n) is 9.63. The average molecular weight is 490 g/mol. The molecule has 2 atom stereocenters. The lowest BCUT2D eigenvalue weighted by Gasteiger charge is -2.37. The van der Waals surface area contributed by atoms with Gasteiger partial charge in [-0.25, -0.2) is 0 Å². The zero-order valence-corrected chi connectivity index (χ0v) is 21.1. The Morgan fingerprint density at radius 2 is 1.72 bits per heavy atom. The molecule has 2 heterocycles. The summed E-state index contributed by atoms with van der Waals surface area (Å²) >= 11 is 0. The number of fused-ring (bicyclic) bond motifs is 1. The van der Waals surface area contributed by atoms with Crippen molar-refractivity contribution in [2.45, 2.75) is 26.1 Å². The zero-order valence-electron chi connectivity index (χ0n) is 21.1. The second kappa shape index (κ2) is 11.3. The van der Waals surface area contributed by atoms with E-state index in [1.54, 1.807) is 0 Å². The van der Waals surface area contributed by atoms with Crippen LogP contribution in [0, 0.1) is 0 Å². The van der Waals surface area contributed by atoms with Crippen molar-refractivity contribution in [3.8, 4) is 5.75 Å². The normalized spacial score (nSPS) is 20.9. The first-order valence-corrected chi connectivity index (χ1v) is 12.8. The maximum Gasteiger partial charge on any atom is 0.255 e. The number of anilines is 2. The molecule has 1 amide bonds. The van der Waals surface area contributed by atoms with Gasteiger partial charge in [0.1, 0.15) is 12.4 Å². The minimum absolute atomic E-state index is 0.127. The number of hydrogen-bond donors (Lipinski definition) is 1. The Balaban J connectivity index is 1.29. The third kappa shape index (κ3) is 5.81. The molecule has 2 saturated heterocycles. The molecule has 7 nitrogen and oxygen atoms in total. The molecule has 2 fully saturated rings. The largest absolute Gasteiger partial charge is 0.492 e. The van der Waals surface area contributed by atoms with E-state index in [4.69, 9.17) is 14.2 Å². The van der Waals surface area contributed by atoms with E-state index in [9.17, 15) is 4.79 Å². The van der Waals surface area contributed by atoms with Crippen molar-refractivity contribution in [1.29, 1.82) is 0 Å². The number of morpholine rings is 2. The standard InChI is InChI=1S/C29H35N3O4/c1-21-19-32(20-22(2)36-21)24-7-5-6-23(18-24)29(33)30-27-10-11-28(26-9-4-3-8-25(26)27)35-17-14-31-12-15-34-16-13-31/h3-11,18,21-22H,12-17,19-20H2,1-2H3,(H,30,33)/t21-,22?/m1/s1. The number of nitrogens with zero attached hydrogens (tertiary/aromatic N) is 2. The van der Waals surface area contributed by atoms with Crippen LogP contribution in [0.25, 0.3) is 10.8 Å². The molecule has 3 aromatic rings. The van der Waals surface area contributed by atoms with Crippen molar-refractivity contribution < 1.29 is 19.0 Å². The van der Waals surface area contributed by atoms with Gasteiger partial charge in [-0.05, 0) is 44.2 Å². The molecule has 0 radical (unpaired) electrons. The molecule has 1 unspecified atom stereocenters. The number of amides is 1. The van der Waals surface area contributed by atoms with Crippen molar-refractivity contribution >= 4 is 28.1 Å². The molecule has 0 saturated carbocycles. The minimum Gasteiger partial charge on any atom is -0.492 e. The summed E-state index contributed by atoms with van der Waals surface area (Å²) in [5.74, 6) is 0.701. The van der Waals surface area contributed by atoms with E-state index < -0.39 is 0 Å². The predicted octanol–water partition coefficient (Wildman–Crippen LogP) is 4.42. The maximum absolute atomic E-state index is 13.3. The predicted molar refractivity (Wildman–Crippen MR) is 143 cm³/mol. The first-order chi connectivity index (χ1) is 17.6. The third-order valence-electron chi connectivity index (χ3n) is 6.79. The van der Waals surface area contributed by atoms with Crippen LogP contribution < -0.4 is 15.0 Å². The van der Waals surface area contributed by atoms with E-state index in [1.807, 2.05) is 54.6 Å². The van der Waals surface area contributed by atoms with Gasteiger partial charge in [-0.15, -0.1) is 0 Å². The van der Waals surface area contributed by atoms with Gasteiger partial charge < -0.3 is 24.4 Å². The maximum atomic E-state index is 13.3. The van der Waals surface area contributed by atoms with E-state index in [0.29, 0.717) is 12.2 Å². The Morgan fingerprint density at radius 1 is 0.972 bits per heavy atom. The van der Waals surface area contributed by atoms with Crippen molar-refractivity contribution in [3.63, 3.8) is 0 Å². The highest BCUT2D eigenvalue weighted by atomic mass is 16.5. The number of rotatable bonds is 7. The summed E-state index contributed by atoms with van der Waals surface area (Å²) < 4.78 is 17.4. The van der Waals surface area contributed by atoms with Gasteiger partial charge in [-0.3, -0.25) is 9.69 Å². The average Bonchev–Trinajstić information content (AvgIpc) is 2.90. The van der Waals surface area contributed by atoms with Gasteiger partial charge in [0.25, 0.3) is 5.91 Å². The fraction of sp³-hybridized carbons (Fsp3) is 0.414. The summed E-state index contributed by atoms with van der Waals surface area (Å²) in [6, 6.07) is 19.7. The van der Waals surface area contributed by atoms with Crippen molar-refractivity contribution in [2.24, 2.45) is 0 Å². The molecule has 36 heavy (non-hydrogen) atoms. The first kappa shape index (κ1) is 24.6. The number of carbonyl (C=O) groups excluding carboxylic acids is 1. The van der Waals surface area contributed by atoms with Crippen LogP contribution in [0.2, 0.25) is 0 Å². The molecular weight excluding hydrogens is 454 g/mol. The van der Waals surface area contributed by atoms with E-state index in [2.05, 4.69) is 35.0 Å². The second-order valence-corrected chi connectivity index (χ2v) is 9.63. The van der Waals surface area contributed by atoms with Crippen LogP contribution >= 0.6 is 0 Å². The van der Waals surface area contributed by atoms with Gasteiger partial charge in [0.15, 0.2) is 0 Å². The van der Waals surface area contributed by atoms with Crippen LogP contribution in [0.4, 0.5) is 11.4 Å². The zero-order chi connectivity index (χ0) is 24.9. The Hall–Kier alpha value is -3.13. The Labute approximate surface area is 212 Å². The van der Waals surface area contributed by atoms with Crippen LogP contribution in [0.1, 0.15) is 24.2 Å². The van der Waals surface area contributed by atoms with Crippen LogP contribution in [0.5, 0.6) is 5.75 Å². The molecular formula is C29H35N3O4. The van der Waals surface area contributed by atoms with Crippen molar-refractivity contribution in [3.05, 3.63) is 66.2 Å². The van der Waals surface area contributed by atoms with Crippen LogP contribution in [-0.2, 0) is 9.47 Å². The van der Waals surface area contributed by atoms with Gasteiger partial charge in [-0.1, -0.05) is 30.3 Å². The topological polar surface area (TPSA) is 63.3 Å². The number of carbonyl (C=O) groups is 1. The van der Waals surface area contributed by atoms with Gasteiger partial charge in [0.2, 0.25) is 0 Å². The summed E-state index contributed by atoms with van der Waals surface area (Å²) in [7, 11) is 0. The molecule has 7 heteroatoms. The molecule has 0 bridgehead atoms. The van der Waals surface area contributed by atoms with E-state index in [1.165, 1.54) is 0 Å². The minimum atomic E-state index is -0.127. The highest BCUT2D eigenvalue weighted by Crippen LogP contribution is 2.32. The molecule has 190 valence electrons. The van der Waals surface area contributed by atoms with E-state index >= 15 is 0 Å². The Morgan fingerprint density at radius 3 is 2.50 bits per heavy atom. The van der Waals surface area contributed by atoms with Crippen LogP contribution in [-0.4, -0.2) is 75.6 Å². The fourth-order valence-corrected chi connectivity index (χ4v) is 5.04. The van der Waals surface area contributed by atoms with Gasteiger partial charge in [0.05, 0.1) is 25.4 Å². The molecule has 0 spiro atoms. The van der Waals surface area contributed by atoms with Gasteiger partial charge >= 0.3 is 0 Å². The molecule has 2 aliphatic rings. The summed E-state index contributed by atoms with van der Waals surface area (Å²) in [6.45, 7) is 10.7. The Kier molecular flexibility index (Phi) is 7.70.